The van der Waals surface area contributed by atoms with Gasteiger partial charge in [0.2, 0.25) is 5.91 Å². The van der Waals surface area contributed by atoms with Crippen LogP contribution in [0.5, 0.6) is 0 Å². The molecule has 0 radical (unpaired) electrons. The van der Waals surface area contributed by atoms with Crippen molar-refractivity contribution in [1.82, 2.24) is 4.90 Å². The summed E-state index contributed by atoms with van der Waals surface area (Å²) in [5.41, 5.74) is 1.22. The quantitative estimate of drug-likeness (QED) is 0.851. The zero-order valence-electron chi connectivity index (χ0n) is 11.1. The minimum Gasteiger partial charge on any atom is -0.481 e. The van der Waals surface area contributed by atoms with Crippen LogP contribution in [0.2, 0.25) is 0 Å². The number of rotatable bonds is 2. The molecule has 2 atom stereocenters. The fourth-order valence-corrected chi connectivity index (χ4v) is 3.92. The number of amides is 1. The molecule has 0 spiro atoms. The Balaban J connectivity index is 1.76. The molecule has 1 amide bonds. The molecule has 0 fully saturated rings. The lowest BCUT2D eigenvalue weighted by molar-refractivity contribution is -0.151. The Labute approximate surface area is 121 Å². The average Bonchev–Trinajstić information content (AvgIpc) is 2.93. The minimum atomic E-state index is -0.860. The van der Waals surface area contributed by atoms with Crippen molar-refractivity contribution in [2.75, 3.05) is 6.54 Å². The van der Waals surface area contributed by atoms with Gasteiger partial charge in [0, 0.05) is 18.0 Å². The first kappa shape index (κ1) is 13.4. The van der Waals surface area contributed by atoms with Crippen LogP contribution in [-0.2, 0) is 22.6 Å². The molecule has 0 saturated carbocycles. The molecule has 1 aliphatic carbocycles. The summed E-state index contributed by atoms with van der Waals surface area (Å²) in [4.78, 5) is 27.1. The van der Waals surface area contributed by atoms with E-state index in [1.807, 2.05) is 17.1 Å². The largest absolute Gasteiger partial charge is 0.481 e. The van der Waals surface area contributed by atoms with Crippen LogP contribution in [0.1, 0.15) is 23.3 Å². The predicted octanol–water partition coefficient (Wildman–Crippen LogP) is 2.30. The molecule has 0 saturated heterocycles. The van der Waals surface area contributed by atoms with Crippen molar-refractivity contribution in [1.29, 1.82) is 0 Å². The molecule has 2 aliphatic rings. The molecule has 20 heavy (non-hydrogen) atoms. The van der Waals surface area contributed by atoms with E-state index in [1.165, 1.54) is 10.4 Å². The van der Waals surface area contributed by atoms with Gasteiger partial charge in [0.1, 0.15) is 0 Å². The number of carbonyl (C=O) groups excluding carboxylic acids is 1. The van der Waals surface area contributed by atoms with Crippen molar-refractivity contribution in [2.45, 2.75) is 25.8 Å². The lowest BCUT2D eigenvalue weighted by Gasteiger charge is -2.33. The molecule has 1 aliphatic heterocycles. The number of aliphatic carboxylic acids is 1. The van der Waals surface area contributed by atoms with E-state index in [1.54, 1.807) is 11.3 Å². The fraction of sp³-hybridized carbons (Fsp3) is 0.467. The van der Waals surface area contributed by atoms with E-state index >= 15 is 0 Å². The SMILES string of the molecule is O=C(O)C1CC=CCC1C(=O)N1CCc2sccc2C1. The first-order valence-electron chi connectivity index (χ1n) is 6.88. The smallest absolute Gasteiger partial charge is 0.307 e. The zero-order valence-corrected chi connectivity index (χ0v) is 11.9. The van der Waals surface area contributed by atoms with Gasteiger partial charge in [-0.2, -0.15) is 0 Å². The molecule has 3 rings (SSSR count). The first-order chi connectivity index (χ1) is 9.66. The molecule has 2 heterocycles. The molecule has 1 aromatic heterocycles. The highest BCUT2D eigenvalue weighted by Gasteiger charge is 2.37. The third kappa shape index (κ3) is 2.38. The lowest BCUT2D eigenvalue weighted by atomic mass is 9.82. The summed E-state index contributed by atoms with van der Waals surface area (Å²) >= 11 is 1.74. The molecule has 106 valence electrons. The highest BCUT2D eigenvalue weighted by atomic mass is 32.1. The van der Waals surface area contributed by atoms with E-state index in [9.17, 15) is 14.7 Å². The number of thiophene rings is 1. The molecule has 5 heteroatoms. The molecule has 4 nitrogen and oxygen atoms in total. The summed E-state index contributed by atoms with van der Waals surface area (Å²) in [7, 11) is 0. The monoisotopic (exact) mass is 291 g/mol. The Bertz CT molecular complexity index is 563. The van der Waals surface area contributed by atoms with Crippen LogP contribution >= 0.6 is 11.3 Å². The van der Waals surface area contributed by atoms with Gasteiger partial charge in [0.15, 0.2) is 0 Å². The minimum absolute atomic E-state index is 0.00130. The second kappa shape index (κ2) is 5.40. The number of carboxylic acid groups (broad SMARTS) is 1. The second-order valence-electron chi connectivity index (χ2n) is 5.37. The predicted molar refractivity (Wildman–Crippen MR) is 76.4 cm³/mol. The number of hydrogen-bond acceptors (Lipinski definition) is 3. The summed E-state index contributed by atoms with van der Waals surface area (Å²) in [5, 5.41) is 11.3. The Kier molecular flexibility index (Phi) is 3.61. The van der Waals surface area contributed by atoms with Crippen molar-refractivity contribution in [3.63, 3.8) is 0 Å². The van der Waals surface area contributed by atoms with Gasteiger partial charge in [-0.05, 0) is 36.3 Å². The maximum atomic E-state index is 12.6. The van der Waals surface area contributed by atoms with Crippen LogP contribution in [0.3, 0.4) is 0 Å². The highest BCUT2D eigenvalue weighted by molar-refractivity contribution is 7.10. The van der Waals surface area contributed by atoms with Crippen LogP contribution < -0.4 is 0 Å². The van der Waals surface area contributed by atoms with E-state index in [0.717, 1.165) is 6.42 Å². The van der Waals surface area contributed by atoms with Crippen LogP contribution in [0.15, 0.2) is 23.6 Å². The van der Waals surface area contributed by atoms with E-state index in [0.29, 0.717) is 25.9 Å². The lowest BCUT2D eigenvalue weighted by Crippen LogP contribution is -2.43. The summed E-state index contributed by atoms with van der Waals surface area (Å²) in [5.74, 6) is -1.84. The first-order valence-corrected chi connectivity index (χ1v) is 7.76. The molecule has 0 aromatic carbocycles. The van der Waals surface area contributed by atoms with E-state index in [-0.39, 0.29) is 5.91 Å². The number of nitrogens with zero attached hydrogens (tertiary/aromatic N) is 1. The maximum Gasteiger partial charge on any atom is 0.307 e. The Hall–Kier alpha value is -1.62. The summed E-state index contributed by atoms with van der Waals surface area (Å²) in [6, 6.07) is 2.06. The van der Waals surface area contributed by atoms with Crippen LogP contribution in [0, 0.1) is 11.8 Å². The highest BCUT2D eigenvalue weighted by Crippen LogP contribution is 2.30. The third-order valence-corrected chi connectivity index (χ3v) is 5.21. The number of carboxylic acids is 1. The summed E-state index contributed by atoms with van der Waals surface area (Å²) in [6.07, 6.45) is 5.70. The van der Waals surface area contributed by atoms with Crippen LogP contribution in [0.4, 0.5) is 0 Å². The topological polar surface area (TPSA) is 57.6 Å². The van der Waals surface area contributed by atoms with Gasteiger partial charge in [0.05, 0.1) is 11.8 Å². The molecular formula is C15H17NO3S. The maximum absolute atomic E-state index is 12.6. The zero-order chi connectivity index (χ0) is 14.1. The average molecular weight is 291 g/mol. The van der Waals surface area contributed by atoms with Crippen LogP contribution in [-0.4, -0.2) is 28.4 Å². The van der Waals surface area contributed by atoms with Crippen molar-refractivity contribution in [3.05, 3.63) is 34.0 Å². The van der Waals surface area contributed by atoms with Crippen molar-refractivity contribution >= 4 is 23.2 Å². The third-order valence-electron chi connectivity index (χ3n) is 4.19. The van der Waals surface area contributed by atoms with Crippen molar-refractivity contribution in [2.24, 2.45) is 11.8 Å². The molecule has 1 N–H and O–H groups in total. The van der Waals surface area contributed by atoms with Gasteiger partial charge < -0.3 is 10.0 Å². The number of fused-ring (bicyclic) bond motifs is 1. The molecule has 1 aromatic rings. The number of allylic oxidation sites excluding steroid dienone is 2. The Morgan fingerprint density at radius 2 is 2.00 bits per heavy atom. The normalized spacial score (nSPS) is 25.3. The Morgan fingerprint density at radius 3 is 2.75 bits per heavy atom. The second-order valence-corrected chi connectivity index (χ2v) is 6.37. The molecule has 2 unspecified atom stereocenters. The van der Waals surface area contributed by atoms with Gasteiger partial charge in [-0.15, -0.1) is 11.3 Å². The number of hydrogen-bond donors (Lipinski definition) is 1. The van der Waals surface area contributed by atoms with Gasteiger partial charge in [-0.1, -0.05) is 12.2 Å². The number of carbonyl (C=O) groups is 2. The van der Waals surface area contributed by atoms with Gasteiger partial charge in [0.25, 0.3) is 0 Å². The fourth-order valence-electron chi connectivity index (χ4n) is 3.03. The van der Waals surface area contributed by atoms with Gasteiger partial charge in [-0.25, -0.2) is 0 Å². The molecular weight excluding hydrogens is 274 g/mol. The van der Waals surface area contributed by atoms with Crippen molar-refractivity contribution < 1.29 is 14.7 Å². The Morgan fingerprint density at radius 1 is 1.25 bits per heavy atom. The van der Waals surface area contributed by atoms with E-state index in [4.69, 9.17) is 0 Å². The summed E-state index contributed by atoms with van der Waals surface area (Å²) < 4.78 is 0. The van der Waals surface area contributed by atoms with Gasteiger partial charge >= 0.3 is 5.97 Å². The van der Waals surface area contributed by atoms with E-state index in [2.05, 4.69) is 11.4 Å². The van der Waals surface area contributed by atoms with Crippen LogP contribution in [0.25, 0.3) is 0 Å². The van der Waals surface area contributed by atoms with Crippen molar-refractivity contribution in [3.8, 4) is 0 Å². The standard InChI is InChI=1S/C15H17NO3S/c17-14(11-3-1-2-4-12(11)15(18)19)16-7-5-13-10(9-16)6-8-20-13/h1-2,6,8,11-12H,3-5,7,9H2,(H,18,19). The summed E-state index contributed by atoms with van der Waals surface area (Å²) in [6.45, 7) is 1.34. The molecule has 0 bridgehead atoms. The van der Waals surface area contributed by atoms with E-state index < -0.39 is 17.8 Å². The van der Waals surface area contributed by atoms with Gasteiger partial charge in [-0.3, -0.25) is 9.59 Å².